The topological polar surface area (TPSA) is 26.3 Å². The Hall–Kier alpha value is -1.37. The molecule has 130 valence electrons. The maximum Gasteiger partial charge on any atom is 0.344 e. The van der Waals surface area contributed by atoms with E-state index in [0.29, 0.717) is 18.7 Å². The van der Waals surface area contributed by atoms with Gasteiger partial charge in [-0.2, -0.15) is 0 Å². The molecular formula is C15H16ClF5O2. The highest BCUT2D eigenvalue weighted by Gasteiger charge is 2.30. The number of alkyl halides is 1. The lowest BCUT2D eigenvalue weighted by atomic mass is 10.1. The first-order chi connectivity index (χ1) is 10.9. The number of carbonyl (C=O) groups excluding carboxylic acids is 1. The SMILES string of the molecule is O=C(OCCCCCCCCCl)c1c(F)c(F)c(F)c(F)c1F. The van der Waals surface area contributed by atoms with Crippen molar-refractivity contribution in [3.8, 4) is 0 Å². The standard InChI is InChI=1S/C15H16ClF5O2/c16-7-5-3-1-2-4-6-8-23-15(22)9-10(17)12(19)14(21)13(20)11(9)18/h1-8H2. The Morgan fingerprint density at radius 2 is 1.17 bits per heavy atom. The van der Waals surface area contributed by atoms with Crippen LogP contribution < -0.4 is 0 Å². The summed E-state index contributed by atoms with van der Waals surface area (Å²) in [5, 5.41) is 0. The van der Waals surface area contributed by atoms with Gasteiger partial charge in [0.15, 0.2) is 23.3 Å². The second-order valence-corrected chi connectivity index (χ2v) is 5.27. The van der Waals surface area contributed by atoms with Crippen molar-refractivity contribution in [2.75, 3.05) is 12.5 Å². The summed E-state index contributed by atoms with van der Waals surface area (Å²) < 4.78 is 70.1. The molecule has 0 heterocycles. The molecule has 0 aromatic heterocycles. The third-order valence-electron chi connectivity index (χ3n) is 3.18. The van der Waals surface area contributed by atoms with Crippen LogP contribution in [0.5, 0.6) is 0 Å². The molecule has 0 aliphatic rings. The van der Waals surface area contributed by atoms with E-state index < -0.39 is 40.6 Å². The van der Waals surface area contributed by atoms with Crippen LogP contribution in [0.1, 0.15) is 48.9 Å². The van der Waals surface area contributed by atoms with E-state index in [1.807, 2.05) is 0 Å². The lowest BCUT2D eigenvalue weighted by Gasteiger charge is -2.08. The van der Waals surface area contributed by atoms with Gasteiger partial charge in [-0.05, 0) is 12.8 Å². The molecule has 0 unspecified atom stereocenters. The smallest absolute Gasteiger partial charge is 0.344 e. The fourth-order valence-corrected chi connectivity index (χ4v) is 2.11. The largest absolute Gasteiger partial charge is 0.462 e. The van der Waals surface area contributed by atoms with E-state index in [4.69, 9.17) is 11.6 Å². The third kappa shape index (κ3) is 5.34. The highest BCUT2D eigenvalue weighted by molar-refractivity contribution is 6.17. The van der Waals surface area contributed by atoms with Crippen LogP contribution in [0.2, 0.25) is 0 Å². The first kappa shape index (κ1) is 19.7. The van der Waals surface area contributed by atoms with Crippen LogP contribution in [0.4, 0.5) is 22.0 Å². The van der Waals surface area contributed by atoms with Gasteiger partial charge in [0.25, 0.3) is 0 Å². The van der Waals surface area contributed by atoms with Crippen LogP contribution in [0, 0.1) is 29.1 Å². The number of hydrogen-bond donors (Lipinski definition) is 0. The van der Waals surface area contributed by atoms with Gasteiger partial charge in [0, 0.05) is 5.88 Å². The van der Waals surface area contributed by atoms with Crippen molar-refractivity contribution in [1.29, 1.82) is 0 Å². The summed E-state index contributed by atoms with van der Waals surface area (Å²) >= 11 is 5.52. The third-order valence-corrected chi connectivity index (χ3v) is 3.44. The minimum absolute atomic E-state index is 0.159. The quantitative estimate of drug-likeness (QED) is 0.153. The molecule has 0 radical (unpaired) electrons. The fourth-order valence-electron chi connectivity index (χ4n) is 1.92. The zero-order valence-corrected chi connectivity index (χ0v) is 13.0. The number of rotatable bonds is 9. The van der Waals surface area contributed by atoms with Crippen molar-refractivity contribution in [2.45, 2.75) is 38.5 Å². The van der Waals surface area contributed by atoms with Gasteiger partial charge in [-0.1, -0.05) is 25.7 Å². The summed E-state index contributed by atoms with van der Waals surface area (Å²) in [6.45, 7) is -0.159. The predicted molar refractivity (Wildman–Crippen MR) is 74.9 cm³/mol. The average Bonchev–Trinajstić information content (AvgIpc) is 2.53. The highest BCUT2D eigenvalue weighted by Crippen LogP contribution is 2.23. The van der Waals surface area contributed by atoms with Crippen LogP contribution in [0.25, 0.3) is 0 Å². The molecule has 0 spiro atoms. The molecule has 0 fully saturated rings. The molecule has 1 aromatic rings. The van der Waals surface area contributed by atoms with Gasteiger partial charge < -0.3 is 4.74 Å². The van der Waals surface area contributed by atoms with Crippen molar-refractivity contribution in [1.82, 2.24) is 0 Å². The molecule has 0 bridgehead atoms. The van der Waals surface area contributed by atoms with E-state index in [2.05, 4.69) is 4.74 Å². The normalized spacial score (nSPS) is 10.9. The summed E-state index contributed by atoms with van der Waals surface area (Å²) in [5.41, 5.74) is -1.57. The van der Waals surface area contributed by atoms with Crippen LogP contribution >= 0.6 is 11.6 Å². The lowest BCUT2D eigenvalue weighted by molar-refractivity contribution is 0.0483. The lowest BCUT2D eigenvalue weighted by Crippen LogP contribution is -2.15. The van der Waals surface area contributed by atoms with Gasteiger partial charge in [0.1, 0.15) is 5.56 Å². The van der Waals surface area contributed by atoms with Gasteiger partial charge in [-0.3, -0.25) is 0 Å². The van der Waals surface area contributed by atoms with Crippen molar-refractivity contribution in [3.05, 3.63) is 34.6 Å². The summed E-state index contributed by atoms with van der Waals surface area (Å²) in [6.07, 6.45) is 4.87. The number of ether oxygens (including phenoxy) is 1. The van der Waals surface area contributed by atoms with E-state index in [9.17, 15) is 26.7 Å². The van der Waals surface area contributed by atoms with Gasteiger partial charge in [0.05, 0.1) is 6.61 Å². The maximum atomic E-state index is 13.4. The molecule has 0 aliphatic carbocycles. The Bertz CT molecular complexity index is 522. The predicted octanol–water partition coefficient (Wildman–Crippen LogP) is 5.12. The monoisotopic (exact) mass is 358 g/mol. The first-order valence-corrected chi connectivity index (χ1v) is 7.69. The van der Waals surface area contributed by atoms with Crippen LogP contribution in [-0.2, 0) is 4.74 Å². The van der Waals surface area contributed by atoms with E-state index >= 15 is 0 Å². The molecule has 0 amide bonds. The number of unbranched alkanes of at least 4 members (excludes halogenated alkanes) is 5. The number of carbonyl (C=O) groups is 1. The average molecular weight is 359 g/mol. The second-order valence-electron chi connectivity index (χ2n) is 4.89. The number of esters is 1. The molecule has 0 aliphatic heterocycles. The molecular weight excluding hydrogens is 343 g/mol. The molecule has 0 saturated heterocycles. The molecule has 8 heteroatoms. The summed E-state index contributed by atoms with van der Waals surface area (Å²) in [6, 6.07) is 0. The minimum atomic E-state index is -2.31. The van der Waals surface area contributed by atoms with Crippen LogP contribution in [0.15, 0.2) is 0 Å². The minimum Gasteiger partial charge on any atom is -0.462 e. The zero-order valence-electron chi connectivity index (χ0n) is 12.2. The molecule has 0 saturated carbocycles. The van der Waals surface area contributed by atoms with E-state index in [0.717, 1.165) is 25.7 Å². The van der Waals surface area contributed by atoms with Gasteiger partial charge in [-0.15, -0.1) is 11.6 Å². The molecule has 1 rings (SSSR count). The summed E-state index contributed by atoms with van der Waals surface area (Å²) in [5.74, 6) is -12.0. The Kier molecular flexibility index (Phi) is 8.30. The van der Waals surface area contributed by atoms with Gasteiger partial charge >= 0.3 is 5.97 Å². The van der Waals surface area contributed by atoms with Crippen molar-refractivity contribution >= 4 is 17.6 Å². The second kappa shape index (κ2) is 9.70. The van der Waals surface area contributed by atoms with Crippen molar-refractivity contribution in [3.63, 3.8) is 0 Å². The number of benzene rings is 1. The zero-order chi connectivity index (χ0) is 17.4. The Balaban J connectivity index is 2.50. The molecule has 23 heavy (non-hydrogen) atoms. The van der Waals surface area contributed by atoms with Crippen molar-refractivity contribution in [2.24, 2.45) is 0 Å². The maximum absolute atomic E-state index is 13.4. The van der Waals surface area contributed by atoms with E-state index in [1.165, 1.54) is 0 Å². The van der Waals surface area contributed by atoms with E-state index in [1.54, 1.807) is 0 Å². The van der Waals surface area contributed by atoms with E-state index in [-0.39, 0.29) is 6.61 Å². The number of hydrogen-bond acceptors (Lipinski definition) is 2. The molecule has 0 atom stereocenters. The summed E-state index contributed by atoms with van der Waals surface area (Å²) in [7, 11) is 0. The van der Waals surface area contributed by atoms with Crippen molar-refractivity contribution < 1.29 is 31.5 Å². The van der Waals surface area contributed by atoms with Crippen LogP contribution in [0.3, 0.4) is 0 Å². The molecule has 0 N–H and O–H groups in total. The Morgan fingerprint density at radius 1 is 0.739 bits per heavy atom. The van der Waals surface area contributed by atoms with Crippen LogP contribution in [-0.4, -0.2) is 18.5 Å². The first-order valence-electron chi connectivity index (χ1n) is 7.16. The Morgan fingerprint density at radius 3 is 1.70 bits per heavy atom. The van der Waals surface area contributed by atoms with Gasteiger partial charge in [-0.25, -0.2) is 26.7 Å². The fraction of sp³-hybridized carbons (Fsp3) is 0.533. The number of halogens is 6. The molecule has 2 nitrogen and oxygen atoms in total. The van der Waals surface area contributed by atoms with Gasteiger partial charge in [0.2, 0.25) is 5.82 Å². The summed E-state index contributed by atoms with van der Waals surface area (Å²) in [4.78, 5) is 11.5. The highest BCUT2D eigenvalue weighted by atomic mass is 35.5. The Labute approximate surface area is 135 Å². The molecule has 1 aromatic carbocycles.